The molecule has 3 heterocycles. The third kappa shape index (κ3) is 2.67. The van der Waals surface area contributed by atoms with E-state index < -0.39 is 0 Å². The van der Waals surface area contributed by atoms with E-state index in [1.807, 2.05) is 17.5 Å². The summed E-state index contributed by atoms with van der Waals surface area (Å²) >= 11 is 1.43. The minimum absolute atomic E-state index is 0.0214. The van der Waals surface area contributed by atoms with E-state index in [9.17, 15) is 9.59 Å². The van der Waals surface area contributed by atoms with Gasteiger partial charge in [-0.1, -0.05) is 6.07 Å². The number of benzene rings is 1. The van der Waals surface area contributed by atoms with Crippen LogP contribution in [-0.2, 0) is 11.3 Å². The van der Waals surface area contributed by atoms with E-state index in [1.54, 1.807) is 12.1 Å². The average molecular weight is 340 g/mol. The molecule has 0 radical (unpaired) electrons. The number of nitrogens with zero attached hydrogens (tertiary/aromatic N) is 2. The van der Waals surface area contributed by atoms with Crippen molar-refractivity contribution in [3.63, 3.8) is 0 Å². The molecule has 0 saturated carbocycles. The fourth-order valence-electron chi connectivity index (χ4n) is 2.46. The molecule has 7 nitrogen and oxygen atoms in total. The molecule has 0 unspecified atom stereocenters. The first-order valence-corrected chi connectivity index (χ1v) is 8.10. The second kappa shape index (κ2) is 5.89. The van der Waals surface area contributed by atoms with E-state index in [0.29, 0.717) is 23.7 Å². The molecule has 0 saturated heterocycles. The number of hydrogen-bond donors (Lipinski definition) is 2. The van der Waals surface area contributed by atoms with Gasteiger partial charge in [-0.3, -0.25) is 9.59 Å². The number of carbonyl (C=O) groups is 2. The van der Waals surface area contributed by atoms with Gasteiger partial charge in [0.2, 0.25) is 0 Å². The van der Waals surface area contributed by atoms with Crippen LogP contribution in [0.15, 0.2) is 36.0 Å². The fourth-order valence-corrected chi connectivity index (χ4v) is 3.29. The second-order valence-electron chi connectivity index (χ2n) is 5.21. The van der Waals surface area contributed by atoms with Gasteiger partial charge in [-0.2, -0.15) is 0 Å². The zero-order valence-corrected chi connectivity index (χ0v) is 13.2. The zero-order valence-electron chi connectivity index (χ0n) is 12.4. The minimum Gasteiger partial charge on any atom is -0.482 e. The predicted molar refractivity (Wildman–Crippen MR) is 89.2 cm³/mol. The quantitative estimate of drug-likeness (QED) is 0.760. The van der Waals surface area contributed by atoms with E-state index >= 15 is 0 Å². The van der Waals surface area contributed by atoms with E-state index in [0.717, 1.165) is 15.8 Å². The molecule has 120 valence electrons. The Morgan fingerprint density at radius 3 is 3.17 bits per heavy atom. The summed E-state index contributed by atoms with van der Waals surface area (Å²) in [5.41, 5.74) is 2.59. The van der Waals surface area contributed by atoms with Crippen LogP contribution in [0.5, 0.6) is 5.75 Å². The van der Waals surface area contributed by atoms with Crippen molar-refractivity contribution in [1.82, 2.24) is 15.3 Å². The molecule has 0 bridgehead atoms. The van der Waals surface area contributed by atoms with Gasteiger partial charge in [0.05, 0.1) is 15.9 Å². The van der Waals surface area contributed by atoms with Crippen LogP contribution in [0, 0.1) is 0 Å². The van der Waals surface area contributed by atoms with Crippen LogP contribution in [0.4, 0.5) is 5.69 Å². The van der Waals surface area contributed by atoms with Crippen molar-refractivity contribution in [3.8, 4) is 5.75 Å². The maximum absolute atomic E-state index is 12.4. The Bertz CT molecular complexity index is 953. The number of carbonyl (C=O) groups excluding carboxylic acids is 2. The van der Waals surface area contributed by atoms with Gasteiger partial charge < -0.3 is 15.4 Å². The van der Waals surface area contributed by atoms with Crippen molar-refractivity contribution in [1.29, 1.82) is 0 Å². The van der Waals surface area contributed by atoms with Gasteiger partial charge in [-0.25, -0.2) is 9.97 Å². The first-order valence-electron chi connectivity index (χ1n) is 7.23. The highest BCUT2D eigenvalue weighted by molar-refractivity contribution is 7.17. The lowest BCUT2D eigenvalue weighted by Gasteiger charge is -2.18. The Morgan fingerprint density at radius 2 is 2.25 bits per heavy atom. The summed E-state index contributed by atoms with van der Waals surface area (Å²) in [5.74, 6) is 0.174. The normalized spacial score (nSPS) is 13.1. The van der Waals surface area contributed by atoms with Gasteiger partial charge in [0.25, 0.3) is 11.8 Å². The van der Waals surface area contributed by atoms with Crippen molar-refractivity contribution in [2.75, 3.05) is 11.9 Å². The van der Waals surface area contributed by atoms with E-state index in [-0.39, 0.29) is 18.4 Å². The lowest BCUT2D eigenvalue weighted by molar-refractivity contribution is -0.118. The van der Waals surface area contributed by atoms with E-state index in [2.05, 4.69) is 20.6 Å². The number of ether oxygens (including phenoxy) is 1. The summed E-state index contributed by atoms with van der Waals surface area (Å²) in [4.78, 5) is 32.0. The van der Waals surface area contributed by atoms with E-state index in [1.165, 1.54) is 17.7 Å². The highest BCUT2D eigenvalue weighted by Gasteiger charge is 2.17. The molecule has 1 aromatic carbocycles. The molecule has 0 spiro atoms. The molecule has 2 amide bonds. The number of anilines is 1. The van der Waals surface area contributed by atoms with Gasteiger partial charge in [0, 0.05) is 6.54 Å². The van der Waals surface area contributed by atoms with Crippen molar-refractivity contribution >= 4 is 39.1 Å². The highest BCUT2D eigenvalue weighted by Crippen LogP contribution is 2.28. The van der Waals surface area contributed by atoms with Crippen LogP contribution in [-0.4, -0.2) is 28.4 Å². The molecule has 0 fully saturated rings. The lowest BCUT2D eigenvalue weighted by Crippen LogP contribution is -2.26. The summed E-state index contributed by atoms with van der Waals surface area (Å²) < 4.78 is 6.07. The first-order chi connectivity index (χ1) is 11.7. The first kappa shape index (κ1) is 14.6. The van der Waals surface area contributed by atoms with Crippen LogP contribution in [0.2, 0.25) is 0 Å². The van der Waals surface area contributed by atoms with E-state index in [4.69, 9.17) is 4.74 Å². The molecular weight excluding hydrogens is 328 g/mol. The Hall–Kier alpha value is -3.00. The summed E-state index contributed by atoms with van der Waals surface area (Å²) in [7, 11) is 0. The molecular formula is C16H12N4O3S. The number of amides is 2. The van der Waals surface area contributed by atoms with Crippen LogP contribution in [0.3, 0.4) is 0 Å². The highest BCUT2D eigenvalue weighted by atomic mass is 32.1. The van der Waals surface area contributed by atoms with Crippen LogP contribution >= 0.6 is 11.3 Å². The third-order valence-electron chi connectivity index (χ3n) is 3.59. The lowest BCUT2D eigenvalue weighted by atomic mass is 10.1. The Balaban J connectivity index is 1.51. The maximum atomic E-state index is 12.4. The van der Waals surface area contributed by atoms with Crippen LogP contribution in [0.1, 0.15) is 16.1 Å². The molecule has 3 aromatic rings. The van der Waals surface area contributed by atoms with Crippen molar-refractivity contribution in [3.05, 3.63) is 47.2 Å². The van der Waals surface area contributed by atoms with Crippen LogP contribution in [0.25, 0.3) is 10.2 Å². The van der Waals surface area contributed by atoms with Crippen molar-refractivity contribution < 1.29 is 14.3 Å². The Kier molecular flexibility index (Phi) is 3.58. The number of rotatable bonds is 3. The topological polar surface area (TPSA) is 93.2 Å². The molecule has 4 rings (SSSR count). The molecule has 24 heavy (non-hydrogen) atoms. The average Bonchev–Trinajstić information content (AvgIpc) is 3.08. The van der Waals surface area contributed by atoms with Crippen molar-refractivity contribution in [2.45, 2.75) is 6.54 Å². The molecule has 2 aromatic heterocycles. The van der Waals surface area contributed by atoms with Gasteiger partial charge >= 0.3 is 0 Å². The summed E-state index contributed by atoms with van der Waals surface area (Å²) in [6, 6.07) is 7.26. The maximum Gasteiger partial charge on any atom is 0.271 e. The molecule has 0 atom stereocenters. The number of nitrogens with one attached hydrogen (secondary N) is 2. The number of hydrogen-bond acceptors (Lipinski definition) is 6. The van der Waals surface area contributed by atoms with Crippen molar-refractivity contribution in [2.24, 2.45) is 0 Å². The zero-order chi connectivity index (χ0) is 16.5. The molecule has 8 heteroatoms. The molecule has 0 aliphatic carbocycles. The van der Waals surface area contributed by atoms with Gasteiger partial charge in [0.15, 0.2) is 6.61 Å². The smallest absolute Gasteiger partial charge is 0.271 e. The minimum atomic E-state index is -0.261. The third-order valence-corrected chi connectivity index (χ3v) is 4.50. The molecule has 1 aliphatic rings. The molecule has 2 N–H and O–H groups in total. The number of aromatic nitrogens is 2. The Labute approximate surface area is 140 Å². The van der Waals surface area contributed by atoms with Gasteiger partial charge in [-0.15, -0.1) is 11.3 Å². The second-order valence-corrected chi connectivity index (χ2v) is 6.12. The Morgan fingerprint density at radius 1 is 1.33 bits per heavy atom. The standard InChI is InChI=1S/C16H12N4O3S/c21-13-7-23-12-2-1-9(5-11(12)20-13)6-17-16(22)14-15-10(3-4-24-15)18-8-19-14/h1-5,8H,6-7H2,(H,17,22)(H,20,21). The predicted octanol–water partition coefficient (Wildman–Crippen LogP) is 1.95. The monoisotopic (exact) mass is 340 g/mol. The fraction of sp³-hybridized carbons (Fsp3) is 0.125. The SMILES string of the molecule is O=C1COc2ccc(CNC(=O)c3ncnc4ccsc34)cc2N1. The summed E-state index contributed by atoms with van der Waals surface area (Å²) in [6.07, 6.45) is 1.38. The number of fused-ring (bicyclic) bond motifs is 2. The number of thiophene rings is 1. The largest absolute Gasteiger partial charge is 0.482 e. The summed E-state index contributed by atoms with van der Waals surface area (Å²) in [5, 5.41) is 7.46. The van der Waals surface area contributed by atoms with Gasteiger partial charge in [0.1, 0.15) is 17.8 Å². The summed E-state index contributed by atoms with van der Waals surface area (Å²) in [6.45, 7) is 0.340. The van der Waals surface area contributed by atoms with Crippen LogP contribution < -0.4 is 15.4 Å². The van der Waals surface area contributed by atoms with Gasteiger partial charge in [-0.05, 0) is 29.1 Å². The molecule has 1 aliphatic heterocycles.